The standard InChI is InChI=1S/C19H19NO3/c1-10-11-4-2-3-5-15(11)23-17(10)18(21)20-16-13-8-19(22)7-6-12(13)14(16)9-19/h2-6,13-14,16,22H,7-9H2,1H3,(H,20,21)/t13-,14+,16?,19?. The van der Waals surface area contributed by atoms with Crippen molar-refractivity contribution in [2.45, 2.75) is 37.8 Å². The van der Waals surface area contributed by atoms with Crippen molar-refractivity contribution >= 4 is 16.9 Å². The number of fused-ring (bicyclic) bond motifs is 2. The lowest BCUT2D eigenvalue weighted by Crippen LogP contribution is -2.65. The molecular weight excluding hydrogens is 290 g/mol. The smallest absolute Gasteiger partial charge is 0.287 e. The van der Waals surface area contributed by atoms with Gasteiger partial charge in [-0.1, -0.05) is 29.8 Å². The molecule has 4 bridgehead atoms. The molecule has 0 spiro atoms. The molecule has 23 heavy (non-hydrogen) atoms. The van der Waals surface area contributed by atoms with Gasteiger partial charge in [0.1, 0.15) is 5.58 Å². The second-order valence-corrected chi connectivity index (χ2v) is 7.31. The van der Waals surface area contributed by atoms with Crippen LogP contribution in [0.15, 0.2) is 40.3 Å². The minimum atomic E-state index is -0.534. The molecule has 1 amide bonds. The van der Waals surface area contributed by atoms with Gasteiger partial charge in [-0.2, -0.15) is 0 Å². The van der Waals surface area contributed by atoms with Crippen LogP contribution < -0.4 is 5.32 Å². The van der Waals surface area contributed by atoms with Crippen molar-refractivity contribution < 1.29 is 14.3 Å². The highest BCUT2D eigenvalue weighted by Gasteiger charge is 2.58. The summed E-state index contributed by atoms with van der Waals surface area (Å²) in [5.41, 5.74) is 2.54. The van der Waals surface area contributed by atoms with Crippen molar-refractivity contribution in [3.05, 3.63) is 47.2 Å². The van der Waals surface area contributed by atoms with Gasteiger partial charge in [0.2, 0.25) is 0 Å². The topological polar surface area (TPSA) is 62.5 Å². The molecule has 1 aromatic heterocycles. The van der Waals surface area contributed by atoms with Gasteiger partial charge in [-0.05, 0) is 32.3 Å². The predicted octanol–water partition coefficient (Wildman–Crippen LogP) is 2.94. The van der Waals surface area contributed by atoms with E-state index >= 15 is 0 Å². The molecule has 2 N–H and O–H groups in total. The fraction of sp³-hybridized carbons (Fsp3) is 0.421. The SMILES string of the molecule is Cc1c(C(=O)NC2[C@@H]3CC4(O)CC=C3[C@@H]2C4)oc2ccccc12. The number of aliphatic hydroxyl groups is 1. The first kappa shape index (κ1) is 13.4. The molecule has 118 valence electrons. The Morgan fingerprint density at radius 3 is 2.74 bits per heavy atom. The maximum Gasteiger partial charge on any atom is 0.287 e. The number of para-hydroxylation sites is 1. The van der Waals surface area contributed by atoms with Crippen LogP contribution >= 0.6 is 0 Å². The van der Waals surface area contributed by atoms with Crippen molar-refractivity contribution in [1.82, 2.24) is 5.32 Å². The number of hydrogen-bond acceptors (Lipinski definition) is 3. The molecule has 0 saturated heterocycles. The summed E-state index contributed by atoms with van der Waals surface area (Å²) in [4.78, 5) is 12.7. The van der Waals surface area contributed by atoms with Crippen molar-refractivity contribution in [1.29, 1.82) is 0 Å². The van der Waals surface area contributed by atoms with Crippen molar-refractivity contribution in [2.24, 2.45) is 11.8 Å². The summed E-state index contributed by atoms with van der Waals surface area (Å²) in [5, 5.41) is 14.6. The van der Waals surface area contributed by atoms with E-state index in [4.69, 9.17) is 4.42 Å². The number of rotatable bonds is 2. The third-order valence-electron chi connectivity index (χ3n) is 5.99. The number of aryl methyl sites for hydroxylation is 1. The lowest BCUT2D eigenvalue weighted by atomic mass is 9.49. The number of carbonyl (C=O) groups is 1. The lowest BCUT2D eigenvalue weighted by Gasteiger charge is -2.60. The van der Waals surface area contributed by atoms with Crippen LogP contribution in [0.5, 0.6) is 0 Å². The first-order valence-corrected chi connectivity index (χ1v) is 8.27. The molecule has 4 heteroatoms. The van der Waals surface area contributed by atoms with E-state index < -0.39 is 5.60 Å². The van der Waals surface area contributed by atoms with Crippen LogP contribution in [-0.4, -0.2) is 22.7 Å². The largest absolute Gasteiger partial charge is 0.451 e. The van der Waals surface area contributed by atoms with Gasteiger partial charge in [-0.15, -0.1) is 0 Å². The maximum absolute atomic E-state index is 12.7. The molecule has 1 aromatic carbocycles. The third-order valence-corrected chi connectivity index (χ3v) is 5.99. The van der Waals surface area contributed by atoms with Crippen LogP contribution in [0.25, 0.3) is 11.0 Å². The van der Waals surface area contributed by atoms with E-state index in [1.807, 2.05) is 31.2 Å². The molecule has 1 heterocycles. The Hall–Kier alpha value is -2.07. The Kier molecular flexibility index (Phi) is 2.48. The van der Waals surface area contributed by atoms with E-state index in [2.05, 4.69) is 11.4 Å². The van der Waals surface area contributed by atoms with Crippen molar-refractivity contribution in [3.63, 3.8) is 0 Å². The highest BCUT2D eigenvalue weighted by atomic mass is 16.3. The third kappa shape index (κ3) is 1.73. The van der Waals surface area contributed by atoms with E-state index in [1.54, 1.807) is 0 Å². The van der Waals surface area contributed by atoms with Crippen LogP contribution in [0.3, 0.4) is 0 Å². The first-order valence-electron chi connectivity index (χ1n) is 8.27. The van der Waals surface area contributed by atoms with Gasteiger partial charge in [0.15, 0.2) is 5.76 Å². The van der Waals surface area contributed by atoms with E-state index in [0.717, 1.165) is 35.8 Å². The number of carbonyl (C=O) groups excluding carboxylic acids is 1. The van der Waals surface area contributed by atoms with Gasteiger partial charge in [-0.3, -0.25) is 4.79 Å². The van der Waals surface area contributed by atoms with Gasteiger partial charge >= 0.3 is 0 Å². The summed E-state index contributed by atoms with van der Waals surface area (Å²) in [6.07, 6.45) is 4.51. The number of benzene rings is 1. The molecule has 2 aromatic rings. The van der Waals surface area contributed by atoms with Crippen LogP contribution in [0.2, 0.25) is 0 Å². The second kappa shape index (κ2) is 4.26. The Morgan fingerprint density at radius 1 is 1.30 bits per heavy atom. The average molecular weight is 309 g/mol. The molecule has 0 radical (unpaired) electrons. The Balaban J connectivity index is 1.41. The molecule has 7 rings (SSSR count). The summed E-state index contributed by atoms with van der Waals surface area (Å²) >= 11 is 0. The molecule has 5 aliphatic carbocycles. The quantitative estimate of drug-likeness (QED) is 0.838. The zero-order valence-corrected chi connectivity index (χ0v) is 13.0. The maximum atomic E-state index is 12.7. The number of amides is 1. The van der Waals surface area contributed by atoms with Gasteiger partial charge in [0, 0.05) is 28.8 Å². The Morgan fingerprint density at radius 2 is 2.04 bits per heavy atom. The minimum absolute atomic E-state index is 0.135. The number of nitrogens with one attached hydrogen (secondary N) is 1. The normalized spacial score (nSPS) is 34.2. The van der Waals surface area contributed by atoms with Crippen LogP contribution in [0, 0.1) is 18.8 Å². The Bertz CT molecular complexity index is 847. The molecule has 4 atom stereocenters. The van der Waals surface area contributed by atoms with Gasteiger partial charge in [-0.25, -0.2) is 0 Å². The molecule has 5 aliphatic rings. The highest BCUT2D eigenvalue weighted by Crippen LogP contribution is 2.58. The summed E-state index contributed by atoms with van der Waals surface area (Å²) < 4.78 is 5.76. The summed E-state index contributed by atoms with van der Waals surface area (Å²) in [5.74, 6) is 0.889. The van der Waals surface area contributed by atoms with Crippen LogP contribution in [0.1, 0.15) is 35.4 Å². The second-order valence-electron chi connectivity index (χ2n) is 7.31. The number of hydrogen-bond donors (Lipinski definition) is 2. The van der Waals surface area contributed by atoms with E-state index in [1.165, 1.54) is 5.57 Å². The van der Waals surface area contributed by atoms with Gasteiger partial charge in [0.05, 0.1) is 5.60 Å². The summed E-state index contributed by atoms with van der Waals surface area (Å²) in [6.45, 7) is 1.93. The van der Waals surface area contributed by atoms with Gasteiger partial charge in [0.25, 0.3) is 5.91 Å². The average Bonchev–Trinajstić information content (AvgIpc) is 2.89. The van der Waals surface area contributed by atoms with E-state index in [9.17, 15) is 9.90 Å². The van der Waals surface area contributed by atoms with Crippen molar-refractivity contribution in [2.75, 3.05) is 0 Å². The highest BCUT2D eigenvalue weighted by molar-refractivity contribution is 5.99. The zero-order valence-electron chi connectivity index (χ0n) is 13.0. The van der Waals surface area contributed by atoms with Crippen molar-refractivity contribution in [3.8, 4) is 0 Å². The van der Waals surface area contributed by atoms with E-state index in [-0.39, 0.29) is 11.9 Å². The molecule has 0 aliphatic heterocycles. The zero-order chi connectivity index (χ0) is 15.8. The molecule has 3 fully saturated rings. The predicted molar refractivity (Wildman–Crippen MR) is 86.1 cm³/mol. The van der Waals surface area contributed by atoms with Crippen LogP contribution in [-0.2, 0) is 0 Å². The molecule has 4 nitrogen and oxygen atoms in total. The van der Waals surface area contributed by atoms with E-state index in [0.29, 0.717) is 17.6 Å². The van der Waals surface area contributed by atoms with Gasteiger partial charge < -0.3 is 14.8 Å². The fourth-order valence-corrected chi connectivity index (χ4v) is 4.83. The first-order chi connectivity index (χ1) is 11.1. The molecule has 3 saturated carbocycles. The monoisotopic (exact) mass is 309 g/mol. The summed E-state index contributed by atoms with van der Waals surface area (Å²) in [6, 6.07) is 7.86. The molecular formula is C19H19NO3. The number of furan rings is 1. The fourth-order valence-electron chi connectivity index (χ4n) is 4.83. The minimum Gasteiger partial charge on any atom is -0.451 e. The summed E-state index contributed by atoms with van der Waals surface area (Å²) in [7, 11) is 0. The molecule has 2 unspecified atom stereocenters. The lowest BCUT2D eigenvalue weighted by molar-refractivity contribution is -0.0811. The Labute approximate surface area is 134 Å². The van der Waals surface area contributed by atoms with Crippen LogP contribution in [0.4, 0.5) is 0 Å².